The van der Waals surface area contributed by atoms with Gasteiger partial charge in [-0.05, 0) is 58.7 Å². The van der Waals surface area contributed by atoms with Crippen LogP contribution in [0.15, 0.2) is 24.4 Å². The van der Waals surface area contributed by atoms with E-state index in [9.17, 15) is 4.79 Å². The van der Waals surface area contributed by atoms with Gasteiger partial charge in [-0.1, -0.05) is 12.1 Å². The lowest BCUT2D eigenvalue weighted by atomic mass is 10.1. The van der Waals surface area contributed by atoms with Crippen LogP contribution >= 0.6 is 0 Å². The highest BCUT2D eigenvalue weighted by Gasteiger charge is 2.17. The number of fused-ring (bicyclic) bond motifs is 1. The Morgan fingerprint density at radius 1 is 1.23 bits per heavy atom. The van der Waals surface area contributed by atoms with Gasteiger partial charge in [0.2, 0.25) is 0 Å². The summed E-state index contributed by atoms with van der Waals surface area (Å²) in [6.45, 7) is 12.5. The number of hydrogen-bond donors (Lipinski definition) is 1. The minimum atomic E-state index is -0.471. The van der Waals surface area contributed by atoms with Gasteiger partial charge in [-0.3, -0.25) is 0 Å². The molecule has 2 rings (SSSR count). The number of nitrogens with one attached hydrogen (secondary N) is 1. The van der Waals surface area contributed by atoms with Crippen LogP contribution in [0, 0.1) is 13.8 Å². The summed E-state index contributed by atoms with van der Waals surface area (Å²) in [5.41, 5.74) is 3.28. The van der Waals surface area contributed by atoms with Crippen LogP contribution in [0.2, 0.25) is 0 Å². The van der Waals surface area contributed by atoms with Crippen molar-refractivity contribution >= 4 is 17.0 Å². The molecular weight excluding hydrogens is 276 g/mol. The molecule has 120 valence electrons. The maximum Gasteiger partial charge on any atom is 0.407 e. The van der Waals surface area contributed by atoms with Gasteiger partial charge in [0.15, 0.2) is 0 Å². The first kappa shape index (κ1) is 16.4. The van der Waals surface area contributed by atoms with Crippen LogP contribution in [0.3, 0.4) is 0 Å². The summed E-state index contributed by atoms with van der Waals surface area (Å²) >= 11 is 0. The predicted octanol–water partition coefficient (Wildman–Crippen LogP) is 4.34. The van der Waals surface area contributed by atoms with Gasteiger partial charge in [-0.25, -0.2) is 4.79 Å². The lowest BCUT2D eigenvalue weighted by Crippen LogP contribution is -2.35. The van der Waals surface area contributed by atoms with E-state index in [1.807, 2.05) is 20.8 Å². The molecule has 0 aliphatic carbocycles. The van der Waals surface area contributed by atoms with Crippen molar-refractivity contribution in [2.45, 2.75) is 53.2 Å². The summed E-state index contributed by atoms with van der Waals surface area (Å²) in [6.07, 6.45) is 1.72. The van der Waals surface area contributed by atoms with Crippen molar-refractivity contribution in [2.75, 3.05) is 6.54 Å². The predicted molar refractivity (Wildman–Crippen MR) is 90.4 cm³/mol. The molecule has 1 amide bonds. The monoisotopic (exact) mass is 302 g/mol. The Balaban J connectivity index is 2.12. The fraction of sp³-hybridized carbons (Fsp3) is 0.500. The van der Waals surface area contributed by atoms with Crippen molar-refractivity contribution in [2.24, 2.45) is 0 Å². The lowest BCUT2D eigenvalue weighted by molar-refractivity contribution is 0.0521. The van der Waals surface area contributed by atoms with Gasteiger partial charge in [0, 0.05) is 24.2 Å². The molecule has 1 heterocycles. The van der Waals surface area contributed by atoms with Crippen LogP contribution in [-0.4, -0.2) is 22.8 Å². The Bertz CT molecular complexity index is 680. The molecule has 0 unspecified atom stereocenters. The van der Waals surface area contributed by atoms with Gasteiger partial charge in [-0.15, -0.1) is 0 Å². The molecule has 4 heteroatoms. The van der Waals surface area contributed by atoms with Gasteiger partial charge in [0.25, 0.3) is 0 Å². The fourth-order valence-electron chi connectivity index (χ4n) is 2.61. The lowest BCUT2D eigenvalue weighted by Gasteiger charge is -2.22. The molecule has 2 aromatic rings. The SMILES string of the molecule is Cc1ccc(C)c2c1ccn2[C@H](C)CNC(=O)OC(C)(C)C. The van der Waals surface area contributed by atoms with Gasteiger partial charge in [0.1, 0.15) is 5.60 Å². The van der Waals surface area contributed by atoms with Crippen molar-refractivity contribution in [1.29, 1.82) is 0 Å². The number of carbonyl (C=O) groups excluding carboxylic acids is 1. The first-order valence-corrected chi connectivity index (χ1v) is 7.72. The Morgan fingerprint density at radius 2 is 1.86 bits per heavy atom. The molecule has 0 saturated heterocycles. The zero-order valence-electron chi connectivity index (χ0n) is 14.4. The van der Waals surface area contributed by atoms with Crippen LogP contribution < -0.4 is 5.32 Å². The number of nitrogens with zero attached hydrogens (tertiary/aromatic N) is 1. The van der Waals surface area contributed by atoms with Crippen LogP contribution in [0.25, 0.3) is 10.9 Å². The third-order valence-corrected chi connectivity index (χ3v) is 3.71. The molecular formula is C18H26N2O2. The van der Waals surface area contributed by atoms with Gasteiger partial charge < -0.3 is 14.6 Å². The van der Waals surface area contributed by atoms with E-state index in [-0.39, 0.29) is 12.1 Å². The number of amides is 1. The van der Waals surface area contributed by atoms with Crippen molar-refractivity contribution in [3.63, 3.8) is 0 Å². The third-order valence-electron chi connectivity index (χ3n) is 3.71. The zero-order valence-corrected chi connectivity index (χ0v) is 14.4. The fourth-order valence-corrected chi connectivity index (χ4v) is 2.61. The van der Waals surface area contributed by atoms with Gasteiger partial charge >= 0.3 is 6.09 Å². The van der Waals surface area contributed by atoms with E-state index < -0.39 is 5.60 Å². The summed E-state index contributed by atoms with van der Waals surface area (Å²) in [5, 5.41) is 4.11. The molecule has 0 saturated carbocycles. The summed E-state index contributed by atoms with van der Waals surface area (Å²) in [6, 6.07) is 6.58. The van der Waals surface area contributed by atoms with Crippen molar-refractivity contribution in [1.82, 2.24) is 9.88 Å². The zero-order chi connectivity index (χ0) is 16.5. The maximum absolute atomic E-state index is 11.8. The van der Waals surface area contributed by atoms with Crippen molar-refractivity contribution in [3.05, 3.63) is 35.5 Å². The summed E-state index contributed by atoms with van der Waals surface area (Å²) in [4.78, 5) is 11.8. The van der Waals surface area contributed by atoms with E-state index in [1.165, 1.54) is 22.0 Å². The summed E-state index contributed by atoms with van der Waals surface area (Å²) in [5.74, 6) is 0. The van der Waals surface area contributed by atoms with Crippen LogP contribution in [-0.2, 0) is 4.74 Å². The number of aromatic nitrogens is 1. The second kappa shape index (κ2) is 6.03. The van der Waals surface area contributed by atoms with E-state index in [4.69, 9.17) is 4.74 Å². The highest BCUT2D eigenvalue weighted by molar-refractivity contribution is 5.86. The van der Waals surface area contributed by atoms with Crippen LogP contribution in [0.1, 0.15) is 44.9 Å². The number of alkyl carbamates (subject to hydrolysis) is 1. The number of rotatable bonds is 3. The molecule has 1 aromatic heterocycles. The quantitative estimate of drug-likeness (QED) is 0.916. The van der Waals surface area contributed by atoms with E-state index in [0.717, 1.165) is 0 Å². The number of carbonyl (C=O) groups is 1. The highest BCUT2D eigenvalue weighted by atomic mass is 16.6. The highest BCUT2D eigenvalue weighted by Crippen LogP contribution is 2.26. The molecule has 22 heavy (non-hydrogen) atoms. The van der Waals surface area contributed by atoms with E-state index in [0.29, 0.717) is 6.54 Å². The molecule has 1 aromatic carbocycles. The molecule has 0 fully saturated rings. The Morgan fingerprint density at radius 3 is 2.50 bits per heavy atom. The first-order chi connectivity index (χ1) is 10.2. The smallest absolute Gasteiger partial charge is 0.407 e. The number of ether oxygens (including phenoxy) is 1. The van der Waals surface area contributed by atoms with Gasteiger partial charge in [0.05, 0.1) is 5.52 Å². The Kier molecular flexibility index (Phi) is 4.50. The van der Waals surface area contributed by atoms with Gasteiger partial charge in [-0.2, -0.15) is 0 Å². The molecule has 0 aliphatic heterocycles. The van der Waals surface area contributed by atoms with E-state index in [2.05, 4.69) is 55.1 Å². The molecule has 0 radical (unpaired) electrons. The Labute approximate surface area is 132 Å². The van der Waals surface area contributed by atoms with Crippen LogP contribution in [0.5, 0.6) is 0 Å². The topological polar surface area (TPSA) is 43.3 Å². The summed E-state index contributed by atoms with van der Waals surface area (Å²) in [7, 11) is 0. The largest absolute Gasteiger partial charge is 0.444 e. The maximum atomic E-state index is 11.8. The summed E-state index contributed by atoms with van der Waals surface area (Å²) < 4.78 is 7.49. The normalized spacial score (nSPS) is 13.2. The molecule has 4 nitrogen and oxygen atoms in total. The van der Waals surface area contributed by atoms with E-state index >= 15 is 0 Å². The number of benzene rings is 1. The van der Waals surface area contributed by atoms with Crippen molar-refractivity contribution < 1.29 is 9.53 Å². The second-order valence-electron chi connectivity index (χ2n) is 6.92. The van der Waals surface area contributed by atoms with Crippen LogP contribution in [0.4, 0.5) is 4.79 Å². The second-order valence-corrected chi connectivity index (χ2v) is 6.92. The Hall–Kier alpha value is -1.97. The molecule has 0 aliphatic rings. The standard InChI is InChI=1S/C18H26N2O2/c1-12-7-8-13(2)16-15(12)9-10-20(16)14(3)11-19-17(21)22-18(4,5)6/h7-10,14H,11H2,1-6H3,(H,19,21)/t14-/m1/s1. The third kappa shape index (κ3) is 3.62. The van der Waals surface area contributed by atoms with Crippen molar-refractivity contribution in [3.8, 4) is 0 Å². The van der Waals surface area contributed by atoms with E-state index in [1.54, 1.807) is 0 Å². The molecule has 1 N–H and O–H groups in total. The number of aryl methyl sites for hydroxylation is 2. The minimum absolute atomic E-state index is 0.158. The molecule has 1 atom stereocenters. The molecule has 0 spiro atoms. The minimum Gasteiger partial charge on any atom is -0.444 e. The number of hydrogen-bond acceptors (Lipinski definition) is 2. The average molecular weight is 302 g/mol. The average Bonchev–Trinajstić information content (AvgIpc) is 2.84. The molecule has 0 bridgehead atoms. The first-order valence-electron chi connectivity index (χ1n) is 7.72.